The van der Waals surface area contributed by atoms with Gasteiger partial charge in [0.25, 0.3) is 0 Å². The minimum absolute atomic E-state index is 0.00383. The van der Waals surface area contributed by atoms with Gasteiger partial charge in [-0.1, -0.05) is 51.1 Å². The molecule has 1 unspecified atom stereocenters. The van der Waals surface area contributed by atoms with E-state index in [1.54, 1.807) is 12.1 Å². The zero-order valence-corrected chi connectivity index (χ0v) is 17.8. The third kappa shape index (κ3) is 3.38. The van der Waals surface area contributed by atoms with Gasteiger partial charge in [0, 0.05) is 29.7 Å². The van der Waals surface area contributed by atoms with Gasteiger partial charge in [-0.3, -0.25) is 0 Å². The Morgan fingerprint density at radius 1 is 1.04 bits per heavy atom. The van der Waals surface area contributed by atoms with Gasteiger partial charge in [0.05, 0.1) is 4.90 Å². The smallest absolute Gasteiger partial charge is 0.240 e. The van der Waals surface area contributed by atoms with E-state index in [9.17, 15) is 8.42 Å². The number of sulfonamides is 1. The average Bonchev–Trinajstić information content (AvgIpc) is 2.93. The second kappa shape index (κ2) is 6.75. The number of nitrogens with one attached hydrogen (secondary N) is 1. The molecule has 5 heteroatoms. The molecule has 0 fully saturated rings. The molecule has 0 saturated heterocycles. The summed E-state index contributed by atoms with van der Waals surface area (Å²) in [5.74, 6) is 0. The molecule has 0 radical (unpaired) electrons. The van der Waals surface area contributed by atoms with Crippen LogP contribution in [0.25, 0.3) is 10.9 Å². The van der Waals surface area contributed by atoms with Gasteiger partial charge < -0.3 is 4.57 Å². The molecule has 2 aromatic carbocycles. The first kappa shape index (κ1) is 19.2. The third-order valence-corrected chi connectivity index (χ3v) is 7.41. The fourth-order valence-corrected chi connectivity index (χ4v) is 5.52. The number of aryl methyl sites for hydroxylation is 1. The molecule has 4 nitrogen and oxygen atoms in total. The molecule has 1 atom stereocenters. The molecule has 4 rings (SSSR count). The molecule has 1 aliphatic rings. The number of para-hydroxylation sites is 1. The maximum Gasteiger partial charge on any atom is 0.240 e. The summed E-state index contributed by atoms with van der Waals surface area (Å²) in [5.41, 5.74) is 4.95. The normalized spacial score (nSPS) is 17.6. The topological polar surface area (TPSA) is 51.1 Å². The minimum Gasteiger partial charge on any atom is -0.347 e. The Labute approximate surface area is 167 Å². The van der Waals surface area contributed by atoms with Gasteiger partial charge in [-0.2, -0.15) is 0 Å². The lowest BCUT2D eigenvalue weighted by Gasteiger charge is -2.25. The van der Waals surface area contributed by atoms with E-state index in [1.165, 1.54) is 22.2 Å². The van der Waals surface area contributed by atoms with E-state index in [1.807, 2.05) is 18.2 Å². The highest BCUT2D eigenvalue weighted by Gasteiger charge is 2.28. The molecule has 1 aliphatic carbocycles. The zero-order chi connectivity index (χ0) is 20.1. The number of hydrogen-bond acceptors (Lipinski definition) is 2. The predicted molar refractivity (Wildman–Crippen MR) is 114 cm³/mol. The van der Waals surface area contributed by atoms with Gasteiger partial charge in [0.1, 0.15) is 0 Å². The number of nitrogens with zero attached hydrogens (tertiary/aromatic N) is 1. The van der Waals surface area contributed by atoms with Crippen molar-refractivity contribution in [3.05, 3.63) is 65.4 Å². The average molecular weight is 397 g/mol. The summed E-state index contributed by atoms with van der Waals surface area (Å²) in [6.45, 7) is 6.37. The summed E-state index contributed by atoms with van der Waals surface area (Å²) in [6.07, 6.45) is 2.43. The summed E-state index contributed by atoms with van der Waals surface area (Å²) in [7, 11) is -1.43. The monoisotopic (exact) mass is 396 g/mol. The molecule has 1 aromatic heterocycles. The highest BCUT2D eigenvalue weighted by Crippen LogP contribution is 2.32. The van der Waals surface area contributed by atoms with Crippen LogP contribution in [0.3, 0.4) is 0 Å². The molecule has 1 heterocycles. The lowest BCUT2D eigenvalue weighted by molar-refractivity contribution is 0.501. The van der Waals surface area contributed by atoms with Crippen LogP contribution in [0.4, 0.5) is 0 Å². The predicted octanol–water partition coefficient (Wildman–Crippen LogP) is 4.31. The van der Waals surface area contributed by atoms with E-state index >= 15 is 0 Å². The maximum atomic E-state index is 12.9. The molecule has 0 saturated carbocycles. The molecular formula is C23H28N2O2S. The molecule has 0 aliphatic heterocycles. The van der Waals surface area contributed by atoms with Crippen LogP contribution in [0.2, 0.25) is 0 Å². The first-order valence-electron chi connectivity index (χ1n) is 9.85. The molecule has 0 amide bonds. The van der Waals surface area contributed by atoms with Crippen LogP contribution in [0, 0.1) is 0 Å². The number of benzene rings is 2. The number of aromatic nitrogens is 1. The van der Waals surface area contributed by atoms with Crippen molar-refractivity contribution < 1.29 is 8.42 Å². The highest BCUT2D eigenvalue weighted by molar-refractivity contribution is 7.89. The number of hydrogen-bond donors (Lipinski definition) is 1. The largest absolute Gasteiger partial charge is 0.347 e. The van der Waals surface area contributed by atoms with Crippen LogP contribution in [-0.2, 0) is 35.3 Å². The zero-order valence-electron chi connectivity index (χ0n) is 17.0. The van der Waals surface area contributed by atoms with Gasteiger partial charge in [0.2, 0.25) is 10.0 Å². The van der Waals surface area contributed by atoms with Gasteiger partial charge in [-0.25, -0.2) is 13.1 Å². The lowest BCUT2D eigenvalue weighted by Crippen LogP contribution is -2.38. The van der Waals surface area contributed by atoms with Crippen LogP contribution in [0.15, 0.2) is 53.4 Å². The summed E-state index contributed by atoms with van der Waals surface area (Å²) in [6, 6.07) is 15.5. The molecule has 0 spiro atoms. The summed E-state index contributed by atoms with van der Waals surface area (Å²) in [4.78, 5) is 0.337. The Hall–Kier alpha value is -2.11. The second-order valence-corrected chi connectivity index (χ2v) is 10.6. The van der Waals surface area contributed by atoms with Crippen molar-refractivity contribution in [3.8, 4) is 0 Å². The van der Waals surface area contributed by atoms with Crippen molar-refractivity contribution >= 4 is 20.9 Å². The van der Waals surface area contributed by atoms with Crippen LogP contribution in [0.5, 0.6) is 0 Å². The Bertz CT molecular complexity index is 1120. The summed E-state index contributed by atoms with van der Waals surface area (Å²) in [5, 5.41) is 1.23. The SMILES string of the molecule is Cn1c2c(c3ccccc31)CC(NS(=O)(=O)c1ccc(C(C)(C)C)cc1)CC2. The van der Waals surface area contributed by atoms with Gasteiger partial charge >= 0.3 is 0 Å². The summed E-state index contributed by atoms with van der Waals surface area (Å²) >= 11 is 0. The van der Waals surface area contributed by atoms with Crippen LogP contribution in [0.1, 0.15) is 44.0 Å². The molecule has 3 aromatic rings. The van der Waals surface area contributed by atoms with Crippen molar-refractivity contribution in [2.45, 2.75) is 56.4 Å². The van der Waals surface area contributed by atoms with E-state index in [4.69, 9.17) is 0 Å². The van der Waals surface area contributed by atoms with Crippen LogP contribution in [-0.4, -0.2) is 19.0 Å². The van der Waals surface area contributed by atoms with Gasteiger partial charge in [0.15, 0.2) is 0 Å². The van der Waals surface area contributed by atoms with E-state index in [2.05, 4.69) is 55.3 Å². The van der Waals surface area contributed by atoms with Crippen molar-refractivity contribution in [2.75, 3.05) is 0 Å². The quantitative estimate of drug-likeness (QED) is 0.717. The van der Waals surface area contributed by atoms with E-state index in [0.29, 0.717) is 4.90 Å². The minimum atomic E-state index is -3.53. The molecule has 0 bridgehead atoms. The van der Waals surface area contributed by atoms with Crippen LogP contribution < -0.4 is 4.72 Å². The molecule has 1 N–H and O–H groups in total. The van der Waals surface area contributed by atoms with Crippen molar-refractivity contribution in [3.63, 3.8) is 0 Å². The van der Waals surface area contributed by atoms with Gasteiger partial charge in [-0.05, 0) is 54.0 Å². The van der Waals surface area contributed by atoms with Crippen molar-refractivity contribution in [2.24, 2.45) is 7.05 Å². The Morgan fingerprint density at radius 2 is 1.71 bits per heavy atom. The maximum absolute atomic E-state index is 12.9. The number of rotatable bonds is 3. The third-order valence-electron chi connectivity index (χ3n) is 5.88. The van der Waals surface area contributed by atoms with Crippen molar-refractivity contribution in [1.82, 2.24) is 9.29 Å². The van der Waals surface area contributed by atoms with E-state index in [-0.39, 0.29) is 11.5 Å². The van der Waals surface area contributed by atoms with E-state index in [0.717, 1.165) is 24.8 Å². The highest BCUT2D eigenvalue weighted by atomic mass is 32.2. The molecule has 148 valence electrons. The second-order valence-electron chi connectivity index (χ2n) is 8.84. The Balaban J connectivity index is 1.58. The molecular weight excluding hydrogens is 368 g/mol. The Morgan fingerprint density at radius 3 is 2.39 bits per heavy atom. The fraction of sp³-hybridized carbons (Fsp3) is 0.391. The molecule has 28 heavy (non-hydrogen) atoms. The first-order chi connectivity index (χ1) is 13.2. The summed E-state index contributed by atoms with van der Waals surface area (Å²) < 4.78 is 31.0. The Kier molecular flexibility index (Phi) is 4.63. The van der Waals surface area contributed by atoms with Crippen molar-refractivity contribution in [1.29, 1.82) is 0 Å². The standard InChI is InChI=1S/C23H28N2O2S/c1-23(2,3)16-9-12-18(13-10-16)28(26,27)24-17-11-14-22-20(15-17)19-7-5-6-8-21(19)25(22)4/h5-10,12-13,17,24H,11,14-15H2,1-4H3. The lowest BCUT2D eigenvalue weighted by atomic mass is 9.87. The van der Waals surface area contributed by atoms with E-state index < -0.39 is 10.0 Å². The van der Waals surface area contributed by atoms with Crippen LogP contribution >= 0.6 is 0 Å². The van der Waals surface area contributed by atoms with Gasteiger partial charge in [-0.15, -0.1) is 0 Å². The first-order valence-corrected chi connectivity index (χ1v) is 11.3. The number of fused-ring (bicyclic) bond motifs is 3. The fourth-order valence-electron chi connectivity index (χ4n) is 4.25.